The third-order valence-electron chi connectivity index (χ3n) is 7.30. The number of rotatable bonds is 2. The Morgan fingerprint density at radius 3 is 2.26 bits per heavy atom. The zero-order valence-electron chi connectivity index (χ0n) is 16.9. The molecular weight excluding hydrogens is 341 g/mol. The molecule has 5 rings (SSSR count). The SMILES string of the molecule is CC1(C)OB(c2ccc3c(c2)CC2(CCN(C4COC4)CC2)O3)OC1(C)C. The minimum Gasteiger partial charge on any atom is -0.487 e. The largest absolute Gasteiger partial charge is 0.494 e. The van der Waals surface area contributed by atoms with E-state index in [1.165, 1.54) is 5.56 Å². The van der Waals surface area contributed by atoms with Gasteiger partial charge < -0.3 is 18.8 Å². The first-order valence-corrected chi connectivity index (χ1v) is 10.3. The summed E-state index contributed by atoms with van der Waals surface area (Å²) >= 11 is 0. The van der Waals surface area contributed by atoms with E-state index in [0.717, 1.165) is 56.8 Å². The summed E-state index contributed by atoms with van der Waals surface area (Å²) in [5, 5.41) is 0. The van der Waals surface area contributed by atoms with E-state index in [9.17, 15) is 0 Å². The molecule has 0 unspecified atom stereocenters. The van der Waals surface area contributed by atoms with Crippen LogP contribution in [0.5, 0.6) is 5.75 Å². The fourth-order valence-corrected chi connectivity index (χ4v) is 4.59. The van der Waals surface area contributed by atoms with Crippen LogP contribution in [0.1, 0.15) is 46.1 Å². The van der Waals surface area contributed by atoms with Gasteiger partial charge in [0.25, 0.3) is 0 Å². The second kappa shape index (κ2) is 5.96. The zero-order valence-corrected chi connectivity index (χ0v) is 16.9. The van der Waals surface area contributed by atoms with Crippen LogP contribution in [0.4, 0.5) is 0 Å². The number of nitrogens with zero attached hydrogens (tertiary/aromatic N) is 1. The summed E-state index contributed by atoms with van der Waals surface area (Å²) in [7, 11) is -0.308. The number of benzene rings is 1. The lowest BCUT2D eigenvalue weighted by molar-refractivity contribution is -0.0897. The van der Waals surface area contributed by atoms with Gasteiger partial charge in [-0.3, -0.25) is 4.90 Å². The number of hydrogen-bond donors (Lipinski definition) is 0. The quantitative estimate of drug-likeness (QED) is 0.746. The summed E-state index contributed by atoms with van der Waals surface area (Å²) in [4.78, 5) is 2.57. The number of likely N-dealkylation sites (tertiary alicyclic amines) is 1. The molecule has 4 aliphatic heterocycles. The highest BCUT2D eigenvalue weighted by Crippen LogP contribution is 2.42. The Hall–Kier alpha value is -1.08. The third-order valence-corrected chi connectivity index (χ3v) is 7.30. The second-order valence-corrected chi connectivity index (χ2v) is 9.64. The molecular formula is C21H30BNO4. The Balaban J connectivity index is 1.29. The predicted molar refractivity (Wildman–Crippen MR) is 105 cm³/mol. The molecule has 5 nitrogen and oxygen atoms in total. The smallest absolute Gasteiger partial charge is 0.487 e. The molecule has 27 heavy (non-hydrogen) atoms. The maximum absolute atomic E-state index is 6.48. The normalized spacial score (nSPS) is 28.8. The molecule has 0 radical (unpaired) electrons. The van der Waals surface area contributed by atoms with E-state index in [-0.39, 0.29) is 23.9 Å². The Bertz CT molecular complexity index is 722. The maximum atomic E-state index is 6.48. The van der Waals surface area contributed by atoms with Crippen LogP contribution in [0.2, 0.25) is 0 Å². The van der Waals surface area contributed by atoms with Crippen LogP contribution < -0.4 is 10.2 Å². The summed E-state index contributed by atoms with van der Waals surface area (Å²) in [5.41, 5.74) is 1.73. The highest BCUT2D eigenvalue weighted by molar-refractivity contribution is 6.62. The van der Waals surface area contributed by atoms with Crippen molar-refractivity contribution in [2.24, 2.45) is 0 Å². The van der Waals surface area contributed by atoms with E-state index < -0.39 is 0 Å². The molecule has 146 valence electrons. The molecule has 0 saturated carbocycles. The minimum atomic E-state index is -0.313. The van der Waals surface area contributed by atoms with Gasteiger partial charge in [0.1, 0.15) is 11.4 Å². The molecule has 0 N–H and O–H groups in total. The van der Waals surface area contributed by atoms with E-state index >= 15 is 0 Å². The number of fused-ring (bicyclic) bond motifs is 1. The van der Waals surface area contributed by atoms with Gasteiger partial charge in [0, 0.05) is 32.4 Å². The van der Waals surface area contributed by atoms with E-state index in [2.05, 4.69) is 50.8 Å². The summed E-state index contributed by atoms with van der Waals surface area (Å²) in [5.74, 6) is 1.04. The third kappa shape index (κ3) is 2.92. The van der Waals surface area contributed by atoms with Crippen LogP contribution in [-0.2, 0) is 20.5 Å². The van der Waals surface area contributed by atoms with Gasteiger partial charge in [-0.25, -0.2) is 0 Å². The first-order valence-electron chi connectivity index (χ1n) is 10.3. The lowest BCUT2D eigenvalue weighted by Gasteiger charge is -2.44. The second-order valence-electron chi connectivity index (χ2n) is 9.64. The Morgan fingerprint density at radius 2 is 1.67 bits per heavy atom. The van der Waals surface area contributed by atoms with Crippen molar-refractivity contribution in [2.45, 2.75) is 69.8 Å². The lowest BCUT2D eigenvalue weighted by atomic mass is 9.77. The minimum absolute atomic E-state index is 0.0298. The molecule has 3 fully saturated rings. The average Bonchev–Trinajstić information content (AvgIpc) is 3.01. The van der Waals surface area contributed by atoms with Gasteiger partial charge in [-0.05, 0) is 44.8 Å². The summed E-state index contributed by atoms with van der Waals surface area (Å²) in [6.07, 6.45) is 3.17. The summed E-state index contributed by atoms with van der Waals surface area (Å²) in [6.45, 7) is 12.4. The fourth-order valence-electron chi connectivity index (χ4n) is 4.59. The van der Waals surface area contributed by atoms with Gasteiger partial charge in [-0.15, -0.1) is 0 Å². The van der Waals surface area contributed by atoms with Crippen molar-refractivity contribution in [1.82, 2.24) is 4.90 Å². The molecule has 4 aliphatic rings. The van der Waals surface area contributed by atoms with Crippen LogP contribution in [0.15, 0.2) is 18.2 Å². The van der Waals surface area contributed by atoms with Crippen molar-refractivity contribution >= 4 is 12.6 Å². The highest BCUT2D eigenvalue weighted by Gasteiger charge is 2.52. The van der Waals surface area contributed by atoms with Gasteiger partial charge in [0.15, 0.2) is 0 Å². The molecule has 4 heterocycles. The molecule has 3 saturated heterocycles. The van der Waals surface area contributed by atoms with Gasteiger partial charge >= 0.3 is 7.12 Å². The first-order chi connectivity index (χ1) is 12.8. The molecule has 1 aromatic carbocycles. The number of piperidine rings is 1. The predicted octanol–water partition coefficient (Wildman–Crippen LogP) is 2.15. The van der Waals surface area contributed by atoms with Crippen LogP contribution in [0.3, 0.4) is 0 Å². The average molecular weight is 371 g/mol. The molecule has 6 heteroatoms. The van der Waals surface area contributed by atoms with Gasteiger partial charge in [0.05, 0.1) is 30.5 Å². The maximum Gasteiger partial charge on any atom is 0.494 e. The monoisotopic (exact) mass is 371 g/mol. The molecule has 1 aromatic rings. The Kier molecular flexibility index (Phi) is 3.97. The molecule has 0 bridgehead atoms. The van der Waals surface area contributed by atoms with Crippen LogP contribution in [-0.4, -0.2) is 61.2 Å². The Morgan fingerprint density at radius 1 is 1.00 bits per heavy atom. The van der Waals surface area contributed by atoms with E-state index in [1.54, 1.807) is 0 Å². The topological polar surface area (TPSA) is 40.2 Å². The number of ether oxygens (including phenoxy) is 2. The van der Waals surface area contributed by atoms with Gasteiger partial charge in [0.2, 0.25) is 0 Å². The van der Waals surface area contributed by atoms with Crippen molar-refractivity contribution in [2.75, 3.05) is 26.3 Å². The highest BCUT2D eigenvalue weighted by atomic mass is 16.7. The van der Waals surface area contributed by atoms with Crippen LogP contribution in [0.25, 0.3) is 0 Å². The van der Waals surface area contributed by atoms with E-state index in [1.807, 2.05) is 0 Å². The van der Waals surface area contributed by atoms with Crippen molar-refractivity contribution in [3.05, 3.63) is 23.8 Å². The van der Waals surface area contributed by atoms with Crippen molar-refractivity contribution in [1.29, 1.82) is 0 Å². The van der Waals surface area contributed by atoms with E-state index in [0.29, 0.717) is 6.04 Å². The first kappa shape index (κ1) is 18.0. The van der Waals surface area contributed by atoms with Gasteiger partial charge in [-0.2, -0.15) is 0 Å². The van der Waals surface area contributed by atoms with Crippen LogP contribution >= 0.6 is 0 Å². The molecule has 1 spiro atoms. The molecule has 0 aliphatic carbocycles. The lowest BCUT2D eigenvalue weighted by Crippen LogP contribution is -2.56. The van der Waals surface area contributed by atoms with Crippen molar-refractivity contribution < 1.29 is 18.8 Å². The zero-order chi connectivity index (χ0) is 18.9. The Labute approximate surface area is 162 Å². The number of hydrogen-bond acceptors (Lipinski definition) is 5. The molecule has 0 amide bonds. The van der Waals surface area contributed by atoms with Crippen molar-refractivity contribution in [3.63, 3.8) is 0 Å². The van der Waals surface area contributed by atoms with Crippen molar-refractivity contribution in [3.8, 4) is 5.75 Å². The van der Waals surface area contributed by atoms with Gasteiger partial charge in [-0.1, -0.05) is 12.1 Å². The summed E-state index contributed by atoms with van der Waals surface area (Å²) in [6, 6.07) is 7.07. The fraction of sp³-hybridized carbons (Fsp3) is 0.714. The van der Waals surface area contributed by atoms with Crippen LogP contribution in [0, 0.1) is 0 Å². The molecule has 0 aromatic heterocycles. The molecule has 0 atom stereocenters. The van der Waals surface area contributed by atoms with E-state index in [4.69, 9.17) is 18.8 Å². The summed E-state index contributed by atoms with van der Waals surface area (Å²) < 4.78 is 24.3. The standard InChI is InChI=1S/C21H30BNO4/c1-19(2)20(3,4)27-22(26-19)16-5-6-18-15(11-16)12-21(25-18)7-9-23(10-8-21)17-13-24-14-17/h5-6,11,17H,7-10,12-14H2,1-4H3.